The summed E-state index contributed by atoms with van der Waals surface area (Å²) in [6, 6.07) is 13.1. The lowest BCUT2D eigenvalue weighted by atomic mass is 10.1. The predicted octanol–water partition coefficient (Wildman–Crippen LogP) is 2.77. The van der Waals surface area contributed by atoms with Crippen molar-refractivity contribution >= 4 is 17.5 Å². The third kappa shape index (κ3) is 4.55. The zero-order valence-electron chi connectivity index (χ0n) is 12.1. The molecule has 1 amide bonds. The number of amides is 1. The van der Waals surface area contributed by atoms with Crippen molar-refractivity contribution < 1.29 is 4.79 Å². The Hall–Kier alpha value is -1.91. The number of nitrogens with zero attached hydrogens (tertiary/aromatic N) is 2. The van der Waals surface area contributed by atoms with Gasteiger partial charge in [-0.05, 0) is 31.8 Å². The first-order chi connectivity index (χ1) is 10.1. The van der Waals surface area contributed by atoms with E-state index >= 15 is 0 Å². The third-order valence-corrected chi connectivity index (χ3v) is 3.27. The van der Waals surface area contributed by atoms with E-state index in [4.69, 9.17) is 11.6 Å². The van der Waals surface area contributed by atoms with E-state index in [0.717, 1.165) is 12.1 Å². The first-order valence-corrected chi connectivity index (χ1v) is 7.06. The maximum absolute atomic E-state index is 12.3. The van der Waals surface area contributed by atoms with Crippen LogP contribution in [-0.4, -0.2) is 36.4 Å². The second kappa shape index (κ2) is 7.20. The molecule has 0 bridgehead atoms. The van der Waals surface area contributed by atoms with Gasteiger partial charge in [-0.15, -0.1) is 0 Å². The van der Waals surface area contributed by atoms with Crippen LogP contribution in [0.25, 0.3) is 0 Å². The van der Waals surface area contributed by atoms with Crippen LogP contribution in [0, 0.1) is 0 Å². The molecule has 21 heavy (non-hydrogen) atoms. The average Bonchev–Trinajstić information content (AvgIpc) is 2.47. The van der Waals surface area contributed by atoms with Gasteiger partial charge in [0, 0.05) is 12.7 Å². The van der Waals surface area contributed by atoms with Crippen LogP contribution in [0.5, 0.6) is 0 Å². The number of likely N-dealkylation sites (N-methyl/N-ethyl adjacent to an activating group) is 1. The second-order valence-corrected chi connectivity index (χ2v) is 5.46. The number of aromatic nitrogens is 1. The van der Waals surface area contributed by atoms with Gasteiger partial charge in [-0.1, -0.05) is 41.9 Å². The van der Waals surface area contributed by atoms with Crippen molar-refractivity contribution in [3.8, 4) is 0 Å². The number of hydrogen-bond donors (Lipinski definition) is 1. The lowest BCUT2D eigenvalue weighted by Crippen LogP contribution is -2.35. The fourth-order valence-corrected chi connectivity index (χ4v) is 2.15. The van der Waals surface area contributed by atoms with Gasteiger partial charge in [0.05, 0.1) is 11.6 Å². The third-order valence-electron chi connectivity index (χ3n) is 3.04. The SMILES string of the molecule is CN(C)C[C@@H](NC(=O)c1ccc(Cl)nc1)c1ccccc1. The van der Waals surface area contributed by atoms with Crippen LogP contribution < -0.4 is 5.32 Å². The monoisotopic (exact) mass is 303 g/mol. The minimum atomic E-state index is -0.158. The molecule has 0 saturated heterocycles. The van der Waals surface area contributed by atoms with Gasteiger partial charge in [0.2, 0.25) is 0 Å². The molecular weight excluding hydrogens is 286 g/mol. The maximum Gasteiger partial charge on any atom is 0.253 e. The Labute approximate surface area is 129 Å². The molecule has 1 aromatic heterocycles. The molecule has 5 heteroatoms. The van der Waals surface area contributed by atoms with E-state index in [0.29, 0.717) is 10.7 Å². The van der Waals surface area contributed by atoms with Crippen LogP contribution in [-0.2, 0) is 0 Å². The summed E-state index contributed by atoms with van der Waals surface area (Å²) in [5.41, 5.74) is 1.57. The Morgan fingerprint density at radius 2 is 1.95 bits per heavy atom. The van der Waals surface area contributed by atoms with E-state index in [1.165, 1.54) is 6.20 Å². The zero-order chi connectivity index (χ0) is 15.2. The summed E-state index contributed by atoms with van der Waals surface area (Å²) in [7, 11) is 3.96. The number of nitrogens with one attached hydrogen (secondary N) is 1. The van der Waals surface area contributed by atoms with Crippen molar-refractivity contribution in [1.82, 2.24) is 15.2 Å². The Balaban J connectivity index is 2.15. The number of pyridine rings is 1. The van der Waals surface area contributed by atoms with E-state index < -0.39 is 0 Å². The van der Waals surface area contributed by atoms with Gasteiger partial charge in [-0.3, -0.25) is 4.79 Å². The molecule has 0 saturated carbocycles. The second-order valence-electron chi connectivity index (χ2n) is 5.07. The van der Waals surface area contributed by atoms with Crippen molar-refractivity contribution in [1.29, 1.82) is 0 Å². The molecule has 110 valence electrons. The van der Waals surface area contributed by atoms with Crippen molar-refractivity contribution in [3.05, 3.63) is 64.9 Å². The number of halogens is 1. The number of hydrogen-bond acceptors (Lipinski definition) is 3. The number of carbonyl (C=O) groups is 1. The molecule has 0 aliphatic carbocycles. The summed E-state index contributed by atoms with van der Waals surface area (Å²) in [6.45, 7) is 0.719. The van der Waals surface area contributed by atoms with Crippen LogP contribution >= 0.6 is 11.6 Å². The molecule has 2 rings (SSSR count). The number of rotatable bonds is 5. The van der Waals surface area contributed by atoms with E-state index in [1.807, 2.05) is 49.3 Å². The van der Waals surface area contributed by atoms with Crippen molar-refractivity contribution in [3.63, 3.8) is 0 Å². The van der Waals surface area contributed by atoms with Crippen molar-refractivity contribution in [2.75, 3.05) is 20.6 Å². The van der Waals surface area contributed by atoms with Gasteiger partial charge < -0.3 is 10.2 Å². The van der Waals surface area contributed by atoms with Crippen LogP contribution in [0.2, 0.25) is 5.15 Å². The lowest BCUT2D eigenvalue weighted by molar-refractivity contribution is 0.0929. The van der Waals surface area contributed by atoms with Gasteiger partial charge in [0.25, 0.3) is 5.91 Å². The van der Waals surface area contributed by atoms with E-state index in [-0.39, 0.29) is 11.9 Å². The van der Waals surface area contributed by atoms with E-state index in [9.17, 15) is 4.79 Å². The van der Waals surface area contributed by atoms with Crippen LogP contribution in [0.4, 0.5) is 0 Å². The van der Waals surface area contributed by atoms with E-state index in [2.05, 4.69) is 10.3 Å². The maximum atomic E-state index is 12.3. The molecular formula is C16H18ClN3O. The predicted molar refractivity (Wildman–Crippen MR) is 84.5 cm³/mol. The van der Waals surface area contributed by atoms with Gasteiger partial charge in [-0.25, -0.2) is 4.98 Å². The Morgan fingerprint density at radius 1 is 1.24 bits per heavy atom. The van der Waals surface area contributed by atoms with Crippen LogP contribution in [0.3, 0.4) is 0 Å². The van der Waals surface area contributed by atoms with Crippen LogP contribution in [0.1, 0.15) is 22.0 Å². The number of benzene rings is 1. The fourth-order valence-electron chi connectivity index (χ4n) is 2.04. The van der Waals surface area contributed by atoms with Gasteiger partial charge in [-0.2, -0.15) is 0 Å². The quantitative estimate of drug-likeness (QED) is 0.864. The molecule has 0 aliphatic rings. The molecule has 1 aromatic carbocycles. The highest BCUT2D eigenvalue weighted by atomic mass is 35.5. The Kier molecular flexibility index (Phi) is 5.31. The van der Waals surface area contributed by atoms with Crippen LogP contribution in [0.15, 0.2) is 48.7 Å². The molecule has 0 fully saturated rings. The highest BCUT2D eigenvalue weighted by Gasteiger charge is 2.16. The zero-order valence-corrected chi connectivity index (χ0v) is 12.8. The Morgan fingerprint density at radius 3 is 2.52 bits per heavy atom. The average molecular weight is 304 g/mol. The molecule has 1 N–H and O–H groups in total. The van der Waals surface area contributed by atoms with Crippen molar-refractivity contribution in [2.45, 2.75) is 6.04 Å². The Bertz CT molecular complexity index is 584. The summed E-state index contributed by atoms with van der Waals surface area (Å²) < 4.78 is 0. The first kappa shape index (κ1) is 15.5. The summed E-state index contributed by atoms with van der Waals surface area (Å²) in [5.74, 6) is -0.158. The molecule has 4 nitrogen and oxygen atoms in total. The smallest absolute Gasteiger partial charge is 0.253 e. The lowest BCUT2D eigenvalue weighted by Gasteiger charge is -2.22. The van der Waals surface area contributed by atoms with Gasteiger partial charge in [0.1, 0.15) is 5.15 Å². The largest absolute Gasteiger partial charge is 0.344 e. The fraction of sp³-hybridized carbons (Fsp3) is 0.250. The molecule has 0 aliphatic heterocycles. The molecule has 0 radical (unpaired) electrons. The highest BCUT2D eigenvalue weighted by molar-refractivity contribution is 6.29. The highest BCUT2D eigenvalue weighted by Crippen LogP contribution is 2.14. The minimum Gasteiger partial charge on any atom is -0.344 e. The number of carbonyl (C=O) groups excluding carboxylic acids is 1. The first-order valence-electron chi connectivity index (χ1n) is 6.68. The minimum absolute atomic E-state index is 0.0793. The van der Waals surface area contributed by atoms with Gasteiger partial charge >= 0.3 is 0 Å². The molecule has 0 unspecified atom stereocenters. The standard InChI is InChI=1S/C16H18ClN3O/c1-20(2)11-14(12-6-4-3-5-7-12)19-16(21)13-8-9-15(17)18-10-13/h3-10,14H,11H2,1-2H3,(H,19,21)/t14-/m1/s1. The summed E-state index contributed by atoms with van der Waals surface area (Å²) in [6.07, 6.45) is 1.48. The molecule has 1 heterocycles. The van der Waals surface area contributed by atoms with Crippen molar-refractivity contribution in [2.24, 2.45) is 0 Å². The normalized spacial score (nSPS) is 12.2. The molecule has 2 aromatic rings. The topological polar surface area (TPSA) is 45.2 Å². The summed E-state index contributed by atoms with van der Waals surface area (Å²) >= 11 is 5.74. The molecule has 0 spiro atoms. The molecule has 1 atom stereocenters. The summed E-state index contributed by atoms with van der Waals surface area (Å²) in [5, 5.41) is 3.41. The van der Waals surface area contributed by atoms with E-state index in [1.54, 1.807) is 12.1 Å². The summed E-state index contributed by atoms with van der Waals surface area (Å²) in [4.78, 5) is 18.3. The van der Waals surface area contributed by atoms with Gasteiger partial charge in [0.15, 0.2) is 0 Å².